The first kappa shape index (κ1) is 27.1. The summed E-state index contributed by atoms with van der Waals surface area (Å²) in [6.07, 6.45) is -0.571. The van der Waals surface area contributed by atoms with Crippen LogP contribution in [0.25, 0.3) is 10.4 Å². The van der Waals surface area contributed by atoms with Gasteiger partial charge < -0.3 is 20.6 Å². The van der Waals surface area contributed by atoms with Crippen molar-refractivity contribution in [2.75, 3.05) is 6.54 Å². The number of β-amino-alcohol motifs (C(OH)–C–C–N with tert-alkyl or cyclic N) is 1. The van der Waals surface area contributed by atoms with E-state index in [0.717, 1.165) is 23.3 Å². The number of aliphatic imine (C=N–C) groups is 1. The zero-order chi connectivity index (χ0) is 27.1. The molecule has 2 aliphatic heterocycles. The summed E-state index contributed by atoms with van der Waals surface area (Å²) >= 11 is 1.56. The van der Waals surface area contributed by atoms with Gasteiger partial charge >= 0.3 is 0 Å². The second-order valence-corrected chi connectivity index (χ2v) is 11.6. The average molecular weight is 518 g/mol. The second-order valence-electron chi connectivity index (χ2n) is 10.7. The Kier molecular flexibility index (Phi) is 7.36. The third-order valence-corrected chi connectivity index (χ3v) is 7.89. The first-order valence-electron chi connectivity index (χ1n) is 12.1. The molecule has 0 saturated carbocycles. The van der Waals surface area contributed by atoms with Crippen LogP contribution in [0.5, 0.6) is 0 Å². The number of carbonyl (C=O) groups is 3. The van der Waals surface area contributed by atoms with E-state index in [0.29, 0.717) is 11.4 Å². The molecular formula is C25H30B2N5O4S. The number of aliphatic hydroxyl groups is 1. The normalized spacial score (nSPS) is 24.4. The molecule has 37 heavy (non-hydrogen) atoms. The van der Waals surface area contributed by atoms with Gasteiger partial charge in [0.2, 0.25) is 5.91 Å². The molecule has 1 aromatic heterocycles. The molecule has 1 aromatic carbocycles. The number of aryl methyl sites for hydroxylation is 1. The maximum Gasteiger partial charge on any atom is 0.257 e. The van der Waals surface area contributed by atoms with Crippen molar-refractivity contribution >= 4 is 49.7 Å². The number of aromatic nitrogens is 1. The largest absolute Gasteiger partial charge is 0.391 e. The van der Waals surface area contributed by atoms with Crippen molar-refractivity contribution in [2.24, 2.45) is 10.4 Å². The zero-order valence-corrected chi connectivity index (χ0v) is 22.4. The average Bonchev–Trinajstić information content (AvgIpc) is 3.53. The summed E-state index contributed by atoms with van der Waals surface area (Å²) in [4.78, 5) is 50.4. The van der Waals surface area contributed by atoms with Crippen LogP contribution in [0, 0.1) is 12.3 Å². The molecule has 3 radical (unpaired) electrons. The van der Waals surface area contributed by atoms with Gasteiger partial charge in [-0.05, 0) is 30.4 Å². The van der Waals surface area contributed by atoms with Crippen molar-refractivity contribution in [1.29, 1.82) is 0 Å². The Hall–Kier alpha value is -2.98. The Balaban J connectivity index is 1.62. The minimum Gasteiger partial charge on any atom is -0.391 e. The molecule has 1 unspecified atom stereocenters. The van der Waals surface area contributed by atoms with Gasteiger partial charge in [0.1, 0.15) is 11.9 Å². The summed E-state index contributed by atoms with van der Waals surface area (Å²) in [5, 5.41) is 16.0. The van der Waals surface area contributed by atoms with Gasteiger partial charge in [0.25, 0.3) is 5.91 Å². The summed E-state index contributed by atoms with van der Waals surface area (Å²) in [5.74, 6) is -0.930. The van der Waals surface area contributed by atoms with E-state index in [2.05, 4.69) is 15.6 Å². The van der Waals surface area contributed by atoms with Gasteiger partial charge in [-0.2, -0.15) is 0 Å². The van der Waals surface area contributed by atoms with Crippen LogP contribution in [0.2, 0.25) is 0 Å². The minimum atomic E-state index is -1.19. The maximum absolute atomic E-state index is 13.6. The summed E-state index contributed by atoms with van der Waals surface area (Å²) in [6, 6.07) is 6.11. The van der Waals surface area contributed by atoms with Crippen LogP contribution in [0.4, 0.5) is 4.79 Å². The van der Waals surface area contributed by atoms with E-state index in [1.165, 1.54) is 4.90 Å². The highest BCUT2D eigenvalue weighted by atomic mass is 32.1. The lowest BCUT2D eigenvalue weighted by Crippen LogP contribution is -2.58. The van der Waals surface area contributed by atoms with Gasteiger partial charge in [0.05, 0.1) is 28.2 Å². The fourth-order valence-corrected chi connectivity index (χ4v) is 5.57. The van der Waals surface area contributed by atoms with Gasteiger partial charge in [-0.25, -0.2) is 9.98 Å². The Bertz CT molecular complexity index is 1240. The van der Waals surface area contributed by atoms with Crippen molar-refractivity contribution in [3.8, 4) is 10.4 Å². The van der Waals surface area contributed by atoms with Crippen molar-refractivity contribution in [3.05, 3.63) is 41.0 Å². The molecule has 0 bridgehead atoms. The Labute approximate surface area is 222 Å². The highest BCUT2D eigenvalue weighted by Crippen LogP contribution is 2.35. The Morgan fingerprint density at radius 2 is 2.00 bits per heavy atom. The summed E-state index contributed by atoms with van der Waals surface area (Å²) in [6.45, 7) is 9.24. The number of amides is 3. The lowest BCUT2D eigenvalue weighted by Gasteiger charge is -2.35. The van der Waals surface area contributed by atoms with Crippen LogP contribution in [0.15, 0.2) is 34.8 Å². The van der Waals surface area contributed by atoms with Gasteiger partial charge in [-0.1, -0.05) is 45.0 Å². The lowest BCUT2D eigenvalue weighted by atomic mass is 9.55. The van der Waals surface area contributed by atoms with E-state index < -0.39 is 34.9 Å². The molecule has 1 saturated heterocycles. The van der Waals surface area contributed by atoms with Gasteiger partial charge in [-0.3, -0.25) is 14.4 Å². The molecule has 3 N–H and O–H groups in total. The highest BCUT2D eigenvalue weighted by Gasteiger charge is 2.48. The number of likely N-dealkylation sites (tertiary alicyclic amines) is 1. The van der Waals surface area contributed by atoms with E-state index >= 15 is 0 Å². The molecule has 3 amide bonds. The second kappa shape index (κ2) is 10.1. The number of carbonyl (C=O) groups excluding carboxylic acids is 3. The topological polar surface area (TPSA) is 124 Å². The lowest BCUT2D eigenvalue weighted by molar-refractivity contribution is -0.136. The number of hydrogen-bond donors (Lipinski definition) is 3. The van der Waals surface area contributed by atoms with Crippen LogP contribution >= 0.6 is 11.3 Å². The monoisotopic (exact) mass is 518 g/mol. The van der Waals surface area contributed by atoms with Gasteiger partial charge in [-0.15, -0.1) is 11.3 Å². The van der Waals surface area contributed by atoms with Crippen LogP contribution in [-0.4, -0.2) is 78.1 Å². The maximum atomic E-state index is 13.6. The predicted octanol–water partition coefficient (Wildman–Crippen LogP) is 1.74. The SMILES string of the molecule is [B][B]C(=O)NC(C(=O)N1C[C@H](O)C[C@H]1C1=N[C@@](C)(c2ccc(-c3scnc3C)cc2)C(=O)N1)C(C)(C)C. The summed E-state index contributed by atoms with van der Waals surface area (Å²) in [5.41, 5.74) is 2.65. The quantitative estimate of drug-likeness (QED) is 0.503. The van der Waals surface area contributed by atoms with E-state index in [-0.39, 0.29) is 24.8 Å². The number of amidine groups is 1. The van der Waals surface area contributed by atoms with Gasteiger partial charge in [0.15, 0.2) is 18.5 Å². The number of nitrogens with one attached hydrogen (secondary N) is 2. The molecule has 1 fully saturated rings. The fourth-order valence-electron chi connectivity index (χ4n) is 4.76. The van der Waals surface area contributed by atoms with E-state index in [1.807, 2.05) is 52.0 Å². The summed E-state index contributed by atoms with van der Waals surface area (Å²) < 4.78 is 0. The molecule has 9 nitrogen and oxygen atoms in total. The third-order valence-electron chi connectivity index (χ3n) is 6.91. The molecule has 4 atom stereocenters. The summed E-state index contributed by atoms with van der Waals surface area (Å²) in [7, 11) is 6.21. The zero-order valence-electron chi connectivity index (χ0n) is 21.6. The number of aliphatic hydroxyl groups excluding tert-OH is 1. The van der Waals surface area contributed by atoms with Crippen molar-refractivity contribution in [1.82, 2.24) is 20.5 Å². The molecule has 2 aliphatic rings. The number of thiazole rings is 1. The predicted molar refractivity (Wildman–Crippen MR) is 145 cm³/mol. The van der Waals surface area contributed by atoms with Crippen molar-refractivity contribution < 1.29 is 19.5 Å². The third kappa shape index (κ3) is 5.22. The molecule has 0 spiro atoms. The van der Waals surface area contributed by atoms with E-state index in [1.54, 1.807) is 23.8 Å². The van der Waals surface area contributed by atoms with E-state index in [4.69, 9.17) is 12.7 Å². The Morgan fingerprint density at radius 3 is 2.57 bits per heavy atom. The number of benzene rings is 1. The first-order chi connectivity index (χ1) is 17.3. The van der Waals surface area contributed by atoms with Crippen molar-refractivity contribution in [3.63, 3.8) is 0 Å². The first-order valence-corrected chi connectivity index (χ1v) is 13.0. The highest BCUT2D eigenvalue weighted by molar-refractivity contribution is 7.13. The molecule has 0 aliphatic carbocycles. The molecular weight excluding hydrogens is 488 g/mol. The van der Waals surface area contributed by atoms with E-state index in [9.17, 15) is 19.5 Å². The molecule has 12 heteroatoms. The van der Waals surface area contributed by atoms with Crippen molar-refractivity contribution in [2.45, 2.75) is 64.8 Å². The van der Waals surface area contributed by atoms with Gasteiger partial charge in [0, 0.05) is 20.7 Å². The minimum absolute atomic E-state index is 0.0623. The molecule has 4 rings (SSSR count). The Morgan fingerprint density at radius 1 is 1.32 bits per heavy atom. The van der Waals surface area contributed by atoms with Crippen LogP contribution in [0.1, 0.15) is 45.4 Å². The standard InChI is InChI=1S/C25H30B2N5O4S/c1-13-18(37-12-28-13)14-6-8-15(9-7-14)25(5)22(35)30-20(31-25)17-10-16(33)11-32(17)21(34)19(24(2,3)4)29-23(36)27-26/h6-9,12,16-17,19,33H,10-11H2,1-5H3,(H,29,36)(H,30,31,35)/t16-,17+,19?,25+/m1/s1. The number of nitrogens with zero attached hydrogens (tertiary/aromatic N) is 3. The molecule has 2 aromatic rings. The number of hydrogen-bond acceptors (Lipinski definition) is 7. The molecule has 3 heterocycles. The molecule has 191 valence electrons. The van der Waals surface area contributed by atoms with Crippen LogP contribution < -0.4 is 10.6 Å². The smallest absolute Gasteiger partial charge is 0.257 e. The number of rotatable bonds is 6. The fraction of sp³-hybridized carbons (Fsp3) is 0.480. The van der Waals surface area contributed by atoms with Crippen LogP contribution in [-0.2, 0) is 15.1 Å². The van der Waals surface area contributed by atoms with Crippen LogP contribution in [0.3, 0.4) is 0 Å².